The van der Waals surface area contributed by atoms with Crippen LogP contribution in [0.15, 0.2) is 66.7 Å². The molecule has 0 fully saturated rings. The van der Waals surface area contributed by atoms with E-state index in [-0.39, 0.29) is 26.2 Å². The number of thioether (sulfide) groups is 1. The summed E-state index contributed by atoms with van der Waals surface area (Å²) in [6.45, 7) is 4.97. The minimum atomic E-state index is -1.03. The Balaban J connectivity index is 0.00000324. The van der Waals surface area contributed by atoms with Gasteiger partial charge in [-0.2, -0.15) is 11.8 Å². The summed E-state index contributed by atoms with van der Waals surface area (Å²) in [5, 5.41) is 12.2. The fraction of sp³-hybridized carbons (Fsp3) is 0.286. The number of carbonyl (C=O) groups excluding carboxylic acids is 1. The Bertz CT molecular complexity index is 1160. The number of rotatable bonds is 11. The Morgan fingerprint density at radius 3 is 2.31 bits per heavy atom. The van der Waals surface area contributed by atoms with Gasteiger partial charge in [-0.15, -0.1) is 0 Å². The molecule has 0 aromatic heterocycles. The second kappa shape index (κ2) is 14.2. The van der Waals surface area contributed by atoms with E-state index in [0.29, 0.717) is 31.0 Å². The van der Waals surface area contributed by atoms with Crippen LogP contribution in [0.1, 0.15) is 40.5 Å². The van der Waals surface area contributed by atoms with Crippen LogP contribution in [0.2, 0.25) is 0 Å². The predicted molar refractivity (Wildman–Crippen MR) is 139 cm³/mol. The van der Waals surface area contributed by atoms with Crippen molar-refractivity contribution < 1.29 is 39.7 Å². The number of carbonyl (C=O) groups is 2. The Morgan fingerprint density at radius 2 is 1.66 bits per heavy atom. The number of nitrogens with one attached hydrogen (secondary N) is 1. The smallest absolute Gasteiger partial charge is 1.00 e. The molecular formula is C28H32LiNO4S. The van der Waals surface area contributed by atoms with Crippen molar-refractivity contribution in [1.29, 1.82) is 0 Å². The minimum Gasteiger partial charge on any atom is -1.00 e. The Kier molecular flexibility index (Phi) is 11.6. The van der Waals surface area contributed by atoms with Gasteiger partial charge in [-0.1, -0.05) is 54.6 Å². The molecule has 3 rings (SSSR count). The molecule has 0 unspecified atom stereocenters. The maximum Gasteiger partial charge on any atom is 1.00 e. The van der Waals surface area contributed by atoms with Crippen LogP contribution in [-0.4, -0.2) is 35.0 Å². The first kappa shape index (κ1) is 28.7. The fourth-order valence-electron chi connectivity index (χ4n) is 3.76. The molecule has 35 heavy (non-hydrogen) atoms. The number of aliphatic carboxylic acids is 1. The quantitative estimate of drug-likeness (QED) is 0.409. The summed E-state index contributed by atoms with van der Waals surface area (Å²) >= 11 is 1.55. The average molecular weight is 486 g/mol. The van der Waals surface area contributed by atoms with Crippen LogP contribution in [0.25, 0.3) is 11.1 Å². The van der Waals surface area contributed by atoms with Gasteiger partial charge in [0.05, 0.1) is 13.2 Å². The normalized spacial score (nSPS) is 11.4. The molecule has 1 atom stereocenters. The number of hydrogen-bond donors (Lipinski definition) is 2. The zero-order chi connectivity index (χ0) is 24.5. The molecule has 3 aromatic carbocycles. The maximum absolute atomic E-state index is 13.2. The third kappa shape index (κ3) is 8.01. The van der Waals surface area contributed by atoms with Gasteiger partial charge in [0.1, 0.15) is 6.04 Å². The number of benzene rings is 3. The van der Waals surface area contributed by atoms with Gasteiger partial charge in [0.2, 0.25) is 0 Å². The van der Waals surface area contributed by atoms with Crippen LogP contribution in [0.3, 0.4) is 0 Å². The second-order valence-electron chi connectivity index (χ2n) is 8.26. The van der Waals surface area contributed by atoms with E-state index in [1.54, 1.807) is 17.8 Å². The number of carboxylic acid groups (broad SMARTS) is 1. The number of ether oxygens (including phenoxy) is 1. The van der Waals surface area contributed by atoms with Crippen LogP contribution in [0.5, 0.6) is 0 Å². The van der Waals surface area contributed by atoms with Crippen LogP contribution < -0.4 is 24.2 Å². The summed E-state index contributed by atoms with van der Waals surface area (Å²) in [4.78, 5) is 24.8. The molecule has 3 aromatic rings. The summed E-state index contributed by atoms with van der Waals surface area (Å²) in [5.41, 5.74) is 6.46. The van der Waals surface area contributed by atoms with Gasteiger partial charge < -0.3 is 16.6 Å². The summed E-state index contributed by atoms with van der Waals surface area (Å²) in [5.74, 6) is -0.765. The molecular weight excluding hydrogens is 453 g/mol. The van der Waals surface area contributed by atoms with Gasteiger partial charge in [-0.05, 0) is 77.8 Å². The number of aryl methyl sites for hydroxylation is 2. The third-order valence-corrected chi connectivity index (χ3v) is 6.41. The molecule has 0 radical (unpaired) electrons. The van der Waals surface area contributed by atoms with Crippen molar-refractivity contribution in [2.75, 3.05) is 12.0 Å². The molecule has 180 valence electrons. The van der Waals surface area contributed by atoms with Gasteiger partial charge in [0, 0.05) is 5.56 Å². The summed E-state index contributed by atoms with van der Waals surface area (Å²) in [7, 11) is 0. The van der Waals surface area contributed by atoms with Crippen LogP contribution in [0.4, 0.5) is 0 Å². The monoisotopic (exact) mass is 485 g/mol. The molecule has 0 heterocycles. The molecule has 0 aliphatic heterocycles. The van der Waals surface area contributed by atoms with Crippen molar-refractivity contribution in [3.8, 4) is 11.1 Å². The zero-order valence-corrected chi connectivity index (χ0v) is 21.7. The Labute approximate surface area is 225 Å². The van der Waals surface area contributed by atoms with Gasteiger partial charge >= 0.3 is 24.8 Å². The topological polar surface area (TPSA) is 75.6 Å². The molecule has 1 amide bonds. The van der Waals surface area contributed by atoms with Gasteiger partial charge in [0.15, 0.2) is 0 Å². The van der Waals surface area contributed by atoms with Gasteiger partial charge in [0.25, 0.3) is 5.91 Å². The molecule has 7 heteroatoms. The second-order valence-corrected chi connectivity index (χ2v) is 9.25. The van der Waals surface area contributed by atoms with Crippen molar-refractivity contribution in [2.45, 2.75) is 39.5 Å². The van der Waals surface area contributed by atoms with E-state index < -0.39 is 12.0 Å². The van der Waals surface area contributed by atoms with E-state index in [1.165, 1.54) is 5.56 Å². The van der Waals surface area contributed by atoms with Crippen LogP contribution in [0, 0.1) is 13.8 Å². The molecule has 0 saturated carbocycles. The SMILES string of the molecule is CSCC[C@H](NC(=O)c1ccc(COCc2ccccc2C)cc1-c1ccccc1C)C(=O)O.[H-].[Li+]. The Morgan fingerprint density at radius 1 is 0.971 bits per heavy atom. The maximum atomic E-state index is 13.2. The molecule has 0 saturated heterocycles. The average Bonchev–Trinajstić information content (AvgIpc) is 2.83. The molecule has 0 spiro atoms. The molecule has 5 nitrogen and oxygen atoms in total. The molecule has 0 aliphatic carbocycles. The van der Waals surface area contributed by atoms with Crippen molar-refractivity contribution >= 4 is 23.6 Å². The fourth-order valence-corrected chi connectivity index (χ4v) is 4.23. The first-order valence-corrected chi connectivity index (χ1v) is 12.6. The van der Waals surface area contributed by atoms with Crippen molar-refractivity contribution in [2.24, 2.45) is 0 Å². The standard InChI is InChI=1S/C28H31NO4S.Li.H/c1-19-8-4-6-10-22(19)18-33-17-21-12-13-24(25(16-21)23-11-7-5-9-20(23)2)27(30)29-26(28(31)32)14-15-34-3;;/h4-13,16,26H,14-15,17-18H2,1-3H3,(H,29,30)(H,31,32);;/q;+1;-1/t26-;;/m0../s1. The van der Waals surface area contributed by atoms with E-state index in [1.807, 2.05) is 61.7 Å². The van der Waals surface area contributed by atoms with Crippen molar-refractivity contribution in [3.05, 3.63) is 94.5 Å². The van der Waals surface area contributed by atoms with Gasteiger partial charge in [-0.3, -0.25) is 4.79 Å². The van der Waals surface area contributed by atoms with Crippen LogP contribution >= 0.6 is 11.8 Å². The van der Waals surface area contributed by atoms with E-state index in [2.05, 4.69) is 24.4 Å². The summed E-state index contributed by atoms with van der Waals surface area (Å²) in [6.07, 6.45) is 2.28. The first-order chi connectivity index (χ1) is 16.4. The zero-order valence-electron chi connectivity index (χ0n) is 21.8. The number of carboxylic acids is 1. The minimum absolute atomic E-state index is 0. The number of amides is 1. The molecule has 0 aliphatic rings. The van der Waals surface area contributed by atoms with Crippen LogP contribution in [-0.2, 0) is 22.7 Å². The summed E-state index contributed by atoms with van der Waals surface area (Å²) < 4.78 is 5.97. The van der Waals surface area contributed by atoms with E-state index in [0.717, 1.165) is 27.8 Å². The summed E-state index contributed by atoms with van der Waals surface area (Å²) in [6, 6.07) is 20.6. The van der Waals surface area contributed by atoms with Gasteiger partial charge in [-0.25, -0.2) is 4.79 Å². The third-order valence-electron chi connectivity index (χ3n) is 5.77. The van der Waals surface area contributed by atoms with E-state index in [4.69, 9.17) is 4.74 Å². The first-order valence-electron chi connectivity index (χ1n) is 11.2. The number of hydrogen-bond acceptors (Lipinski definition) is 4. The molecule has 0 bridgehead atoms. The molecule has 2 N–H and O–H groups in total. The van der Waals surface area contributed by atoms with E-state index >= 15 is 0 Å². The van der Waals surface area contributed by atoms with E-state index in [9.17, 15) is 14.7 Å². The predicted octanol–water partition coefficient (Wildman–Crippen LogP) is 2.74. The van der Waals surface area contributed by atoms with Crippen molar-refractivity contribution in [3.63, 3.8) is 0 Å². The van der Waals surface area contributed by atoms with Crippen molar-refractivity contribution in [1.82, 2.24) is 5.32 Å². The largest absolute Gasteiger partial charge is 1.00 e. The Hall–Kier alpha value is -2.49.